The Kier molecular flexibility index (Phi) is 5.22. The molecule has 0 spiro atoms. The molecule has 0 saturated carbocycles. The van der Waals surface area contributed by atoms with Gasteiger partial charge in [0.1, 0.15) is 11.9 Å². The summed E-state index contributed by atoms with van der Waals surface area (Å²) in [6.45, 7) is 2.67. The zero-order valence-corrected chi connectivity index (χ0v) is 14.0. The monoisotopic (exact) mass is 329 g/mol. The molecular weight excluding hydrogens is 310 g/mol. The second-order valence-corrected chi connectivity index (χ2v) is 5.66. The van der Waals surface area contributed by atoms with Gasteiger partial charge < -0.3 is 10.6 Å². The molecule has 3 rings (SSSR count). The van der Waals surface area contributed by atoms with Crippen molar-refractivity contribution in [3.63, 3.8) is 0 Å². The third-order valence-electron chi connectivity index (χ3n) is 3.70. The van der Waals surface area contributed by atoms with Crippen molar-refractivity contribution in [1.29, 1.82) is 5.26 Å². The van der Waals surface area contributed by atoms with E-state index in [4.69, 9.17) is 0 Å². The molecule has 5 heteroatoms. The molecule has 1 aromatic heterocycles. The molecule has 3 aromatic rings. The van der Waals surface area contributed by atoms with Crippen molar-refractivity contribution in [3.05, 3.63) is 77.5 Å². The molecule has 5 nitrogen and oxygen atoms in total. The highest BCUT2D eigenvalue weighted by Crippen LogP contribution is 2.20. The molecule has 124 valence electrons. The van der Waals surface area contributed by atoms with Gasteiger partial charge in [-0.2, -0.15) is 10.2 Å². The van der Waals surface area contributed by atoms with Gasteiger partial charge in [0.05, 0.1) is 11.3 Å². The molecular formula is C20H19N5. The highest BCUT2D eigenvalue weighted by molar-refractivity contribution is 5.65. The van der Waals surface area contributed by atoms with Gasteiger partial charge in [-0.1, -0.05) is 42.5 Å². The lowest BCUT2D eigenvalue weighted by Crippen LogP contribution is -2.09. The SMILES string of the molecule is Cc1cc(Nc2ccccc2C#N)nc(NCCc2ccccc2)n1. The molecule has 0 saturated heterocycles. The number of rotatable bonds is 6. The number of hydrogen-bond donors (Lipinski definition) is 2. The number of benzene rings is 2. The average molecular weight is 329 g/mol. The molecule has 1 heterocycles. The molecule has 0 bridgehead atoms. The Bertz CT molecular complexity index is 884. The van der Waals surface area contributed by atoms with E-state index in [1.54, 1.807) is 6.07 Å². The van der Waals surface area contributed by atoms with E-state index < -0.39 is 0 Å². The van der Waals surface area contributed by atoms with Gasteiger partial charge in [0.25, 0.3) is 0 Å². The number of anilines is 3. The minimum absolute atomic E-state index is 0.577. The second-order valence-electron chi connectivity index (χ2n) is 5.66. The quantitative estimate of drug-likeness (QED) is 0.713. The van der Waals surface area contributed by atoms with Crippen molar-refractivity contribution in [1.82, 2.24) is 9.97 Å². The number of aryl methyl sites for hydroxylation is 1. The highest BCUT2D eigenvalue weighted by atomic mass is 15.1. The van der Waals surface area contributed by atoms with Gasteiger partial charge in [-0.25, -0.2) is 4.98 Å². The zero-order valence-electron chi connectivity index (χ0n) is 14.0. The van der Waals surface area contributed by atoms with Crippen molar-refractivity contribution < 1.29 is 0 Å². The largest absolute Gasteiger partial charge is 0.354 e. The summed E-state index contributed by atoms with van der Waals surface area (Å²) >= 11 is 0. The van der Waals surface area contributed by atoms with E-state index in [0.29, 0.717) is 17.3 Å². The van der Waals surface area contributed by atoms with E-state index in [1.165, 1.54) is 5.56 Å². The number of hydrogen-bond acceptors (Lipinski definition) is 5. The molecule has 0 aliphatic carbocycles. The lowest BCUT2D eigenvalue weighted by molar-refractivity contribution is 0.976. The van der Waals surface area contributed by atoms with E-state index in [9.17, 15) is 5.26 Å². The first-order valence-electron chi connectivity index (χ1n) is 8.14. The number of nitrogens with zero attached hydrogens (tertiary/aromatic N) is 3. The van der Waals surface area contributed by atoms with Crippen molar-refractivity contribution in [2.45, 2.75) is 13.3 Å². The maximum absolute atomic E-state index is 9.19. The van der Waals surface area contributed by atoms with Crippen molar-refractivity contribution in [2.24, 2.45) is 0 Å². The fourth-order valence-corrected chi connectivity index (χ4v) is 2.50. The van der Waals surface area contributed by atoms with Crippen LogP contribution in [0.3, 0.4) is 0 Å². The van der Waals surface area contributed by atoms with Gasteiger partial charge in [0, 0.05) is 18.3 Å². The highest BCUT2D eigenvalue weighted by Gasteiger charge is 2.05. The van der Waals surface area contributed by atoms with E-state index in [-0.39, 0.29) is 0 Å². The minimum Gasteiger partial charge on any atom is -0.354 e. The van der Waals surface area contributed by atoms with Gasteiger partial charge in [-0.05, 0) is 31.0 Å². The maximum atomic E-state index is 9.19. The second kappa shape index (κ2) is 7.93. The lowest BCUT2D eigenvalue weighted by atomic mass is 10.1. The lowest BCUT2D eigenvalue weighted by Gasteiger charge is -2.11. The summed E-state index contributed by atoms with van der Waals surface area (Å²) in [6, 6.07) is 21.7. The number of nitrogens with one attached hydrogen (secondary N) is 2. The molecule has 2 N–H and O–H groups in total. The van der Waals surface area contributed by atoms with Gasteiger partial charge in [-0.15, -0.1) is 0 Å². The Labute approximate surface area is 147 Å². The smallest absolute Gasteiger partial charge is 0.224 e. The minimum atomic E-state index is 0.577. The van der Waals surface area contributed by atoms with E-state index in [1.807, 2.05) is 49.4 Å². The van der Waals surface area contributed by atoms with Gasteiger partial charge in [0.2, 0.25) is 5.95 Å². The predicted octanol–water partition coefficient (Wildman–Crippen LogP) is 4.05. The molecule has 0 amide bonds. The Morgan fingerprint density at radius 1 is 1.00 bits per heavy atom. The summed E-state index contributed by atoms with van der Waals surface area (Å²) in [5.41, 5.74) is 3.44. The third kappa shape index (κ3) is 4.55. The van der Waals surface area contributed by atoms with Gasteiger partial charge in [0.15, 0.2) is 0 Å². The molecule has 0 aliphatic rings. The number of aromatic nitrogens is 2. The number of nitriles is 1. The third-order valence-corrected chi connectivity index (χ3v) is 3.70. The van der Waals surface area contributed by atoms with Gasteiger partial charge in [-0.3, -0.25) is 0 Å². The fraction of sp³-hybridized carbons (Fsp3) is 0.150. The first kappa shape index (κ1) is 16.5. The summed E-state index contributed by atoms with van der Waals surface area (Å²) in [4.78, 5) is 8.91. The molecule has 0 unspecified atom stereocenters. The Hall–Kier alpha value is -3.39. The van der Waals surface area contributed by atoms with Crippen molar-refractivity contribution >= 4 is 17.5 Å². The van der Waals surface area contributed by atoms with Gasteiger partial charge >= 0.3 is 0 Å². The fourth-order valence-electron chi connectivity index (χ4n) is 2.50. The summed E-state index contributed by atoms with van der Waals surface area (Å²) in [5.74, 6) is 1.24. The van der Waals surface area contributed by atoms with Crippen LogP contribution in [-0.2, 0) is 6.42 Å². The first-order valence-corrected chi connectivity index (χ1v) is 8.14. The molecule has 0 radical (unpaired) electrons. The van der Waals surface area contributed by atoms with Crippen LogP contribution in [0, 0.1) is 18.3 Å². The molecule has 2 aromatic carbocycles. The van der Waals surface area contributed by atoms with Crippen LogP contribution >= 0.6 is 0 Å². The average Bonchev–Trinajstić information content (AvgIpc) is 2.63. The predicted molar refractivity (Wildman–Crippen MR) is 99.8 cm³/mol. The molecule has 0 atom stereocenters. The summed E-state index contributed by atoms with van der Waals surface area (Å²) in [6.07, 6.45) is 0.901. The van der Waals surface area contributed by atoms with Crippen LogP contribution in [0.25, 0.3) is 0 Å². The van der Waals surface area contributed by atoms with Crippen LogP contribution in [0.5, 0.6) is 0 Å². The first-order chi connectivity index (χ1) is 12.2. The standard InChI is InChI=1S/C20H19N5/c1-15-13-19(24-18-10-6-5-9-17(18)14-21)25-20(23-15)22-12-11-16-7-3-2-4-8-16/h2-10,13H,11-12H2,1H3,(H2,22,23,24,25). The van der Waals surface area contributed by atoms with Crippen LogP contribution in [0.1, 0.15) is 16.8 Å². The molecule has 0 fully saturated rings. The van der Waals surface area contributed by atoms with Crippen LogP contribution in [0.15, 0.2) is 60.7 Å². The summed E-state index contributed by atoms with van der Waals surface area (Å²) in [5, 5.41) is 15.7. The van der Waals surface area contributed by atoms with E-state index >= 15 is 0 Å². The maximum Gasteiger partial charge on any atom is 0.224 e. The topological polar surface area (TPSA) is 73.6 Å². The van der Waals surface area contributed by atoms with Crippen molar-refractivity contribution in [2.75, 3.05) is 17.2 Å². The molecule has 0 aliphatic heterocycles. The summed E-state index contributed by atoms with van der Waals surface area (Å²) in [7, 11) is 0. The van der Waals surface area contributed by atoms with Crippen molar-refractivity contribution in [3.8, 4) is 6.07 Å². The Morgan fingerprint density at radius 2 is 1.76 bits per heavy atom. The normalized spacial score (nSPS) is 10.1. The van der Waals surface area contributed by atoms with E-state index in [2.05, 4.69) is 38.8 Å². The Balaban J connectivity index is 1.69. The van der Waals surface area contributed by atoms with Crippen LogP contribution < -0.4 is 10.6 Å². The zero-order chi connectivity index (χ0) is 17.5. The molecule has 25 heavy (non-hydrogen) atoms. The number of para-hydroxylation sites is 1. The Morgan fingerprint density at radius 3 is 2.56 bits per heavy atom. The van der Waals surface area contributed by atoms with E-state index in [0.717, 1.165) is 24.3 Å². The van der Waals surface area contributed by atoms with Crippen LogP contribution in [-0.4, -0.2) is 16.5 Å². The summed E-state index contributed by atoms with van der Waals surface area (Å²) < 4.78 is 0. The van der Waals surface area contributed by atoms with Crippen LogP contribution in [0.4, 0.5) is 17.5 Å². The van der Waals surface area contributed by atoms with Crippen LogP contribution in [0.2, 0.25) is 0 Å².